The van der Waals surface area contributed by atoms with Crippen molar-refractivity contribution in [2.45, 2.75) is 76.9 Å². The molecule has 0 saturated carbocycles. The highest BCUT2D eigenvalue weighted by atomic mass is 31.2. The summed E-state index contributed by atoms with van der Waals surface area (Å²) in [5, 5.41) is 9.15. The van der Waals surface area contributed by atoms with Crippen molar-refractivity contribution in [1.82, 2.24) is 0 Å². The number of hydrogen-bond donors (Lipinski definition) is 2. The maximum Gasteiger partial charge on any atom is 0.423 e. The van der Waals surface area contributed by atoms with E-state index in [1.807, 2.05) is 0 Å². The summed E-state index contributed by atoms with van der Waals surface area (Å²) >= 11 is 0. The topological polar surface area (TPSA) is 93.1 Å². The first-order valence-electron chi connectivity index (χ1n) is 9.30. The Labute approximate surface area is 152 Å². The minimum atomic E-state index is -4.41. The molecule has 0 aliphatic heterocycles. The van der Waals surface area contributed by atoms with Gasteiger partial charge >= 0.3 is 13.6 Å². The number of likely N-dealkylation sites (N-methyl/N-ethyl adjacent to an activating group) is 1. The number of nitrogens with zero attached hydrogens (tertiary/aromatic N) is 1. The van der Waals surface area contributed by atoms with Crippen LogP contribution in [0.5, 0.6) is 0 Å². The van der Waals surface area contributed by atoms with E-state index in [9.17, 15) is 14.3 Å². The third-order valence-corrected chi connectivity index (χ3v) is 5.86. The molecule has 25 heavy (non-hydrogen) atoms. The molecular formula is C17H37NO6P+. The molecule has 0 spiro atoms. The molecular weight excluding hydrogens is 345 g/mol. The van der Waals surface area contributed by atoms with Crippen LogP contribution in [0.25, 0.3) is 0 Å². The maximum atomic E-state index is 12.1. The number of rotatable bonds is 16. The molecule has 0 aromatic heterocycles. The minimum absolute atomic E-state index is 0.185. The van der Waals surface area contributed by atoms with Crippen LogP contribution in [-0.4, -0.2) is 54.0 Å². The fourth-order valence-corrected chi connectivity index (χ4v) is 4.17. The van der Waals surface area contributed by atoms with Crippen LogP contribution in [0.2, 0.25) is 0 Å². The van der Waals surface area contributed by atoms with Crippen LogP contribution in [0.4, 0.5) is 0 Å². The molecule has 2 unspecified atom stereocenters. The van der Waals surface area contributed by atoms with E-state index in [0.717, 1.165) is 19.3 Å². The summed E-state index contributed by atoms with van der Waals surface area (Å²) in [7, 11) is 0.154. The predicted octanol–water partition coefficient (Wildman–Crippen LogP) is 4.16. The van der Waals surface area contributed by atoms with Crippen molar-refractivity contribution in [1.29, 1.82) is 0 Å². The number of hydrogen-bond acceptors (Lipinski definition) is 4. The lowest BCUT2D eigenvalue weighted by Crippen LogP contribution is -2.49. The molecule has 0 amide bonds. The average Bonchev–Trinajstić information content (AvgIpc) is 2.45. The number of carboxylic acid groups (broad SMARTS) is 1. The molecule has 0 aromatic carbocycles. The molecule has 8 heteroatoms. The molecule has 7 nitrogen and oxygen atoms in total. The van der Waals surface area contributed by atoms with Gasteiger partial charge in [0, 0.05) is 0 Å². The van der Waals surface area contributed by atoms with Crippen LogP contribution >= 0.6 is 7.60 Å². The molecule has 150 valence electrons. The normalized spacial score (nSPS) is 15.7. The number of unbranched alkanes of at least 4 members (excludes halogenated alkanes) is 9. The highest BCUT2D eigenvalue weighted by molar-refractivity contribution is 7.54. The van der Waals surface area contributed by atoms with Crippen molar-refractivity contribution in [3.8, 4) is 0 Å². The number of quaternary nitrogens is 1. The monoisotopic (exact) mass is 382 g/mol. The van der Waals surface area contributed by atoms with Gasteiger partial charge in [-0.25, -0.2) is 9.68 Å². The molecule has 2 atom stereocenters. The first-order valence-corrected chi connectivity index (χ1v) is 10.9. The summed E-state index contributed by atoms with van der Waals surface area (Å²) in [6.45, 7) is 2.40. The van der Waals surface area contributed by atoms with Gasteiger partial charge in [0.05, 0.1) is 27.7 Å². The molecule has 0 bridgehead atoms. The van der Waals surface area contributed by atoms with Crippen molar-refractivity contribution >= 4 is 13.6 Å². The van der Waals surface area contributed by atoms with Gasteiger partial charge in [-0.15, -0.1) is 4.67 Å². The molecule has 0 rings (SSSR count). The lowest BCUT2D eigenvalue weighted by molar-refractivity contribution is -0.875. The van der Waals surface area contributed by atoms with Crippen LogP contribution < -0.4 is 0 Å². The van der Waals surface area contributed by atoms with Crippen LogP contribution in [0, 0.1) is 0 Å². The summed E-state index contributed by atoms with van der Waals surface area (Å²) in [6.07, 6.45) is 11.7. The summed E-state index contributed by atoms with van der Waals surface area (Å²) < 4.78 is 16.4. The van der Waals surface area contributed by atoms with Gasteiger partial charge in [0.1, 0.15) is 0 Å². The Balaban J connectivity index is 3.80. The van der Waals surface area contributed by atoms with Crippen LogP contribution in [0.1, 0.15) is 71.1 Å². The minimum Gasteiger partial charge on any atom is -0.476 e. The molecule has 0 radical (unpaired) electrons. The smallest absolute Gasteiger partial charge is 0.423 e. The highest BCUT2D eigenvalue weighted by Crippen LogP contribution is 2.50. The Kier molecular flexibility index (Phi) is 12.6. The summed E-state index contributed by atoms with van der Waals surface area (Å²) in [5.41, 5.74) is 0. The van der Waals surface area contributed by atoms with Gasteiger partial charge in [-0.05, 0) is 6.42 Å². The molecule has 0 fully saturated rings. The predicted molar refractivity (Wildman–Crippen MR) is 98.2 cm³/mol. The molecule has 0 aliphatic carbocycles. The van der Waals surface area contributed by atoms with E-state index in [4.69, 9.17) is 9.99 Å². The second-order valence-corrected chi connectivity index (χ2v) is 9.24. The fraction of sp³-hybridized carbons (Fsp3) is 0.941. The van der Waals surface area contributed by atoms with Gasteiger partial charge in [-0.1, -0.05) is 64.7 Å². The molecule has 0 heterocycles. The largest absolute Gasteiger partial charge is 0.476 e. The van der Waals surface area contributed by atoms with Crippen molar-refractivity contribution in [3.63, 3.8) is 0 Å². The van der Waals surface area contributed by atoms with Crippen molar-refractivity contribution in [2.75, 3.05) is 27.7 Å². The van der Waals surface area contributed by atoms with E-state index in [1.54, 1.807) is 0 Å². The summed E-state index contributed by atoms with van der Waals surface area (Å²) in [4.78, 5) is 25.9. The van der Waals surface area contributed by atoms with E-state index >= 15 is 0 Å². The maximum absolute atomic E-state index is 12.1. The number of carboxylic acids is 1. The second-order valence-electron chi connectivity index (χ2n) is 7.47. The Hall–Kier alpha value is -0.460. The van der Waals surface area contributed by atoms with E-state index in [1.165, 1.54) is 66.1 Å². The molecule has 0 aromatic rings. The van der Waals surface area contributed by atoms with E-state index < -0.39 is 19.3 Å². The zero-order valence-corrected chi connectivity index (χ0v) is 17.2. The van der Waals surface area contributed by atoms with Gasteiger partial charge in [-0.3, -0.25) is 4.57 Å². The lowest BCUT2D eigenvalue weighted by atomic mass is 10.1. The molecule has 0 saturated heterocycles. The van der Waals surface area contributed by atoms with E-state index in [-0.39, 0.29) is 11.1 Å². The second kappa shape index (κ2) is 12.8. The highest BCUT2D eigenvalue weighted by Gasteiger charge is 2.50. The lowest BCUT2D eigenvalue weighted by Gasteiger charge is -2.31. The fourth-order valence-electron chi connectivity index (χ4n) is 2.71. The third-order valence-electron chi connectivity index (χ3n) is 4.00. The Morgan fingerprint density at radius 1 is 0.960 bits per heavy atom. The van der Waals surface area contributed by atoms with Gasteiger partial charge < -0.3 is 14.5 Å². The summed E-state index contributed by atoms with van der Waals surface area (Å²) in [6, 6.07) is 0. The molecule has 2 N–H and O–H groups in total. The quantitative estimate of drug-likeness (QED) is 0.137. The first kappa shape index (κ1) is 24.5. The van der Waals surface area contributed by atoms with Crippen LogP contribution in [0.3, 0.4) is 0 Å². The van der Waals surface area contributed by atoms with E-state index in [0.29, 0.717) is 0 Å². The van der Waals surface area contributed by atoms with Crippen LogP contribution in [0.15, 0.2) is 0 Å². The van der Waals surface area contributed by atoms with Gasteiger partial charge in [-0.2, -0.15) is 0 Å². The van der Waals surface area contributed by atoms with Crippen molar-refractivity contribution < 1.29 is 33.4 Å². The van der Waals surface area contributed by atoms with Gasteiger partial charge in [0.2, 0.25) is 0 Å². The number of carbonyl (C=O) groups is 1. The Morgan fingerprint density at radius 3 is 1.80 bits per heavy atom. The zero-order chi connectivity index (χ0) is 19.3. The molecule has 0 aliphatic rings. The first-order chi connectivity index (χ1) is 11.6. The van der Waals surface area contributed by atoms with Gasteiger partial charge in [0.15, 0.2) is 0 Å². The number of aliphatic carboxylic acids is 1. The van der Waals surface area contributed by atoms with E-state index in [2.05, 4.69) is 11.6 Å². The third kappa shape index (κ3) is 11.7. The van der Waals surface area contributed by atoms with Crippen molar-refractivity contribution in [2.24, 2.45) is 0 Å². The average molecular weight is 382 g/mol. The zero-order valence-electron chi connectivity index (χ0n) is 16.3. The van der Waals surface area contributed by atoms with Crippen LogP contribution in [-0.2, 0) is 18.9 Å². The SMILES string of the molecule is CCCCCCCCCCCCOOP(=O)(O)C(C(=O)O)[N+](C)(C)C. The van der Waals surface area contributed by atoms with Gasteiger partial charge in [0.25, 0.3) is 5.78 Å². The summed E-state index contributed by atoms with van der Waals surface area (Å²) in [5.74, 6) is -2.97. The van der Waals surface area contributed by atoms with Crippen molar-refractivity contribution in [3.05, 3.63) is 0 Å². The Morgan fingerprint density at radius 2 is 1.40 bits per heavy atom. The Bertz CT molecular complexity index is 410. The standard InChI is InChI=1S/C17H36NO6P/c1-5-6-7-8-9-10-11-12-13-14-15-23-24-25(21,22)16(17(19)20)18(2,3)4/h16H,5-15H2,1-4H3,(H-,19,20,21,22)/p+1.